The van der Waals surface area contributed by atoms with E-state index in [4.69, 9.17) is 10.9 Å². The number of hydrazine groups is 1. The molecule has 0 aliphatic heterocycles. The van der Waals surface area contributed by atoms with Crippen LogP contribution in [-0.2, 0) is 0 Å². The fourth-order valence-corrected chi connectivity index (χ4v) is 2.19. The maximum atomic E-state index is 9.07. The summed E-state index contributed by atoms with van der Waals surface area (Å²) in [6, 6.07) is 8.11. The first-order valence-electron chi connectivity index (χ1n) is 6.78. The summed E-state index contributed by atoms with van der Waals surface area (Å²) in [4.78, 5) is 11.0. The van der Waals surface area contributed by atoms with Gasteiger partial charge in [-0.15, -0.1) is 0 Å². The summed E-state index contributed by atoms with van der Waals surface area (Å²) in [5.74, 6) is 6.69. The number of aliphatic hydroxyl groups is 1. The summed E-state index contributed by atoms with van der Waals surface area (Å²) in [7, 11) is 0. The van der Waals surface area contributed by atoms with Gasteiger partial charge in [-0.3, -0.25) is 5.43 Å². The fourth-order valence-electron chi connectivity index (χ4n) is 2.19. The minimum absolute atomic E-state index is 0.161. The van der Waals surface area contributed by atoms with E-state index < -0.39 is 0 Å². The number of anilines is 2. The van der Waals surface area contributed by atoms with E-state index in [0.29, 0.717) is 12.4 Å². The van der Waals surface area contributed by atoms with Gasteiger partial charge in [0, 0.05) is 24.6 Å². The van der Waals surface area contributed by atoms with Gasteiger partial charge in [-0.25, -0.2) is 10.8 Å². The lowest BCUT2D eigenvalue weighted by Crippen LogP contribution is -2.33. The van der Waals surface area contributed by atoms with Crippen LogP contribution in [0.25, 0.3) is 10.9 Å². The highest BCUT2D eigenvalue weighted by molar-refractivity contribution is 5.90. The third-order valence-corrected chi connectivity index (χ3v) is 3.16. The van der Waals surface area contributed by atoms with Crippen LogP contribution in [0.15, 0.2) is 24.3 Å². The van der Waals surface area contributed by atoms with E-state index in [1.165, 1.54) is 0 Å². The van der Waals surface area contributed by atoms with Gasteiger partial charge in [0.05, 0.1) is 5.52 Å². The second kappa shape index (κ2) is 6.49. The molecule has 0 radical (unpaired) electrons. The minimum Gasteiger partial charge on any atom is -0.396 e. The van der Waals surface area contributed by atoms with Crippen molar-refractivity contribution in [1.29, 1.82) is 0 Å². The van der Waals surface area contributed by atoms with Crippen molar-refractivity contribution in [2.75, 3.05) is 23.5 Å². The number of hydrogen-bond donors (Lipinski definition) is 3. The zero-order valence-corrected chi connectivity index (χ0v) is 11.9. The van der Waals surface area contributed by atoms with Crippen molar-refractivity contribution in [3.63, 3.8) is 0 Å². The lowest BCUT2D eigenvalue weighted by molar-refractivity contribution is 0.288. The molecule has 1 heterocycles. The summed E-state index contributed by atoms with van der Waals surface area (Å²) in [5, 5.41) is 10.1. The number of para-hydroxylation sites is 1. The van der Waals surface area contributed by atoms with E-state index >= 15 is 0 Å². The van der Waals surface area contributed by atoms with Crippen LogP contribution in [0.1, 0.15) is 20.3 Å². The van der Waals surface area contributed by atoms with Crippen molar-refractivity contribution in [2.24, 2.45) is 5.84 Å². The Morgan fingerprint density at radius 1 is 1.30 bits per heavy atom. The number of nitrogens with zero attached hydrogens (tertiary/aromatic N) is 3. The van der Waals surface area contributed by atoms with Crippen LogP contribution in [-0.4, -0.2) is 34.3 Å². The van der Waals surface area contributed by atoms with Gasteiger partial charge in [0.25, 0.3) is 0 Å². The van der Waals surface area contributed by atoms with Crippen molar-refractivity contribution in [3.8, 4) is 0 Å². The average Bonchev–Trinajstić information content (AvgIpc) is 2.46. The van der Waals surface area contributed by atoms with Crippen LogP contribution in [0.5, 0.6) is 0 Å². The Morgan fingerprint density at radius 2 is 2.05 bits per heavy atom. The van der Waals surface area contributed by atoms with Crippen molar-refractivity contribution in [3.05, 3.63) is 24.3 Å². The molecule has 0 atom stereocenters. The number of nitrogens with two attached hydrogens (primary N) is 1. The number of nitrogen functional groups attached to an aromatic ring is 1. The number of fused-ring (bicyclic) bond motifs is 1. The first-order chi connectivity index (χ1) is 9.67. The maximum Gasteiger partial charge on any atom is 0.239 e. The van der Waals surface area contributed by atoms with Gasteiger partial charge in [-0.05, 0) is 32.4 Å². The molecular formula is C14H21N5O. The smallest absolute Gasteiger partial charge is 0.239 e. The molecule has 0 fully saturated rings. The Labute approximate surface area is 118 Å². The quantitative estimate of drug-likeness (QED) is 0.547. The number of rotatable bonds is 6. The van der Waals surface area contributed by atoms with Crippen LogP contribution < -0.4 is 16.2 Å². The van der Waals surface area contributed by atoms with E-state index in [2.05, 4.69) is 34.1 Å². The zero-order chi connectivity index (χ0) is 14.5. The number of hydrogen-bond acceptors (Lipinski definition) is 6. The SMILES string of the molecule is CC(C)N(CCCO)c1nc(NN)nc2ccccc12. The Bertz CT molecular complexity index is 572. The molecule has 0 amide bonds. The molecule has 108 valence electrons. The Morgan fingerprint density at radius 3 is 2.70 bits per heavy atom. The molecule has 6 heteroatoms. The van der Waals surface area contributed by atoms with Gasteiger partial charge in [-0.1, -0.05) is 12.1 Å². The van der Waals surface area contributed by atoms with Crippen LogP contribution in [0.4, 0.5) is 11.8 Å². The van der Waals surface area contributed by atoms with E-state index in [0.717, 1.165) is 23.3 Å². The molecule has 20 heavy (non-hydrogen) atoms. The van der Waals surface area contributed by atoms with Crippen LogP contribution in [0.3, 0.4) is 0 Å². The Balaban J connectivity index is 2.53. The lowest BCUT2D eigenvalue weighted by Gasteiger charge is -2.29. The summed E-state index contributed by atoms with van der Waals surface area (Å²) in [6.45, 7) is 5.10. The highest BCUT2D eigenvalue weighted by atomic mass is 16.3. The van der Waals surface area contributed by atoms with Gasteiger partial charge in [0.1, 0.15) is 5.82 Å². The number of benzene rings is 1. The van der Waals surface area contributed by atoms with Gasteiger partial charge >= 0.3 is 0 Å². The molecule has 2 rings (SSSR count). The first kappa shape index (κ1) is 14.5. The molecule has 6 nitrogen and oxygen atoms in total. The van der Waals surface area contributed by atoms with E-state index in [-0.39, 0.29) is 12.6 Å². The van der Waals surface area contributed by atoms with Crippen LogP contribution in [0, 0.1) is 0 Å². The van der Waals surface area contributed by atoms with Crippen LogP contribution in [0.2, 0.25) is 0 Å². The molecule has 0 aliphatic carbocycles. The molecule has 0 saturated carbocycles. The summed E-state index contributed by atoms with van der Waals surface area (Å²) >= 11 is 0. The van der Waals surface area contributed by atoms with Crippen molar-refractivity contribution in [2.45, 2.75) is 26.3 Å². The lowest BCUT2D eigenvalue weighted by atomic mass is 10.2. The molecular weight excluding hydrogens is 254 g/mol. The number of nitrogens with one attached hydrogen (secondary N) is 1. The van der Waals surface area contributed by atoms with Gasteiger partial charge in [-0.2, -0.15) is 4.98 Å². The molecule has 0 bridgehead atoms. The van der Waals surface area contributed by atoms with Gasteiger partial charge in [0.2, 0.25) is 5.95 Å². The molecule has 0 aliphatic rings. The third kappa shape index (κ3) is 2.97. The number of aromatic nitrogens is 2. The third-order valence-electron chi connectivity index (χ3n) is 3.16. The Kier molecular flexibility index (Phi) is 4.70. The molecule has 2 aromatic rings. The van der Waals surface area contributed by atoms with Crippen molar-refractivity contribution < 1.29 is 5.11 Å². The van der Waals surface area contributed by atoms with Gasteiger partial charge < -0.3 is 10.0 Å². The first-order valence-corrected chi connectivity index (χ1v) is 6.78. The van der Waals surface area contributed by atoms with E-state index in [9.17, 15) is 0 Å². The fraction of sp³-hybridized carbons (Fsp3) is 0.429. The van der Waals surface area contributed by atoms with Crippen molar-refractivity contribution >= 4 is 22.7 Å². The van der Waals surface area contributed by atoms with E-state index in [1.807, 2.05) is 24.3 Å². The molecule has 4 N–H and O–H groups in total. The highest BCUT2D eigenvalue weighted by Gasteiger charge is 2.16. The standard InChI is InChI=1S/C14H21N5O/c1-10(2)19(8-5-9-20)13-11-6-3-4-7-12(11)16-14(17-13)18-15/h3-4,6-7,10,20H,5,8-9,15H2,1-2H3,(H,16,17,18). The number of aliphatic hydroxyl groups excluding tert-OH is 1. The second-order valence-corrected chi connectivity index (χ2v) is 4.90. The Hall–Kier alpha value is -1.92. The molecule has 1 aromatic carbocycles. The molecule has 1 aromatic heterocycles. The van der Waals surface area contributed by atoms with E-state index in [1.54, 1.807) is 0 Å². The highest BCUT2D eigenvalue weighted by Crippen LogP contribution is 2.26. The largest absolute Gasteiger partial charge is 0.396 e. The van der Waals surface area contributed by atoms with Crippen LogP contribution >= 0.6 is 0 Å². The van der Waals surface area contributed by atoms with Crippen molar-refractivity contribution in [1.82, 2.24) is 9.97 Å². The molecule has 0 spiro atoms. The second-order valence-electron chi connectivity index (χ2n) is 4.90. The minimum atomic E-state index is 0.161. The normalized spacial score (nSPS) is 11.1. The zero-order valence-electron chi connectivity index (χ0n) is 11.9. The summed E-state index contributed by atoms with van der Waals surface area (Å²) < 4.78 is 0. The maximum absolute atomic E-state index is 9.07. The predicted molar refractivity (Wildman–Crippen MR) is 81.5 cm³/mol. The van der Waals surface area contributed by atoms with Gasteiger partial charge in [0.15, 0.2) is 0 Å². The summed E-state index contributed by atoms with van der Waals surface area (Å²) in [5.41, 5.74) is 3.36. The molecule has 0 saturated heterocycles. The molecule has 0 unspecified atom stereocenters. The monoisotopic (exact) mass is 275 g/mol. The summed E-state index contributed by atoms with van der Waals surface area (Å²) in [6.07, 6.45) is 0.696. The topological polar surface area (TPSA) is 87.3 Å². The predicted octanol–water partition coefficient (Wildman–Crippen LogP) is 1.51. The average molecular weight is 275 g/mol.